The van der Waals surface area contributed by atoms with Crippen molar-refractivity contribution in [3.63, 3.8) is 0 Å². The van der Waals surface area contributed by atoms with Crippen LogP contribution in [0.3, 0.4) is 0 Å². The Morgan fingerprint density at radius 3 is 2.55 bits per heavy atom. The first-order chi connectivity index (χ1) is 8.90. The Hall–Kier alpha value is -0.690. The van der Waals surface area contributed by atoms with E-state index in [9.17, 15) is 12.8 Å². The molecule has 0 amide bonds. The van der Waals surface area contributed by atoms with Crippen LogP contribution in [0.1, 0.15) is 31.7 Å². The Morgan fingerprint density at radius 2 is 2.05 bits per heavy atom. The van der Waals surface area contributed by atoms with Gasteiger partial charge in [0.25, 0.3) is 0 Å². The molecular formula is C13H22ClFN2O2S. The predicted octanol–water partition coefficient (Wildman–Crippen LogP) is 2.35. The van der Waals surface area contributed by atoms with Crippen molar-refractivity contribution in [2.24, 2.45) is 5.73 Å². The summed E-state index contributed by atoms with van der Waals surface area (Å²) in [5.41, 5.74) is 5.97. The van der Waals surface area contributed by atoms with Crippen molar-refractivity contribution >= 4 is 22.4 Å². The number of rotatable bonds is 7. The Kier molecular flexibility index (Phi) is 8.27. The summed E-state index contributed by atoms with van der Waals surface area (Å²) in [5, 5.41) is 0. The number of nitrogens with one attached hydrogen (secondary N) is 1. The van der Waals surface area contributed by atoms with Crippen LogP contribution in [-0.4, -0.2) is 21.0 Å². The van der Waals surface area contributed by atoms with Crippen molar-refractivity contribution in [2.45, 2.75) is 44.0 Å². The molecule has 7 heteroatoms. The summed E-state index contributed by atoms with van der Waals surface area (Å²) in [4.78, 5) is -0.0643. The van der Waals surface area contributed by atoms with Gasteiger partial charge < -0.3 is 5.73 Å². The zero-order valence-corrected chi connectivity index (χ0v) is 13.4. The number of benzene rings is 1. The summed E-state index contributed by atoms with van der Waals surface area (Å²) in [6, 6.07) is 3.57. The van der Waals surface area contributed by atoms with Crippen LogP contribution in [0.2, 0.25) is 0 Å². The minimum absolute atomic E-state index is 0. The lowest BCUT2D eigenvalue weighted by Crippen LogP contribution is -2.40. The van der Waals surface area contributed by atoms with E-state index >= 15 is 0 Å². The summed E-state index contributed by atoms with van der Waals surface area (Å²) in [6.45, 7) is 3.84. The normalized spacial score (nSPS) is 12.8. The highest BCUT2D eigenvalue weighted by atomic mass is 35.5. The summed E-state index contributed by atoms with van der Waals surface area (Å²) >= 11 is 0. The van der Waals surface area contributed by atoms with Gasteiger partial charge in [-0.25, -0.2) is 17.5 Å². The van der Waals surface area contributed by atoms with Crippen molar-refractivity contribution in [1.82, 2.24) is 4.72 Å². The highest BCUT2D eigenvalue weighted by molar-refractivity contribution is 7.89. The van der Waals surface area contributed by atoms with E-state index in [4.69, 9.17) is 5.73 Å². The molecule has 3 N–H and O–H groups in total. The van der Waals surface area contributed by atoms with Crippen LogP contribution in [0, 0.1) is 12.7 Å². The maximum Gasteiger partial charge on any atom is 0.240 e. The smallest absolute Gasteiger partial charge is 0.240 e. The molecule has 20 heavy (non-hydrogen) atoms. The van der Waals surface area contributed by atoms with Gasteiger partial charge in [-0.05, 0) is 31.0 Å². The quantitative estimate of drug-likeness (QED) is 0.808. The molecule has 4 nitrogen and oxygen atoms in total. The molecule has 0 heterocycles. The average molecular weight is 325 g/mol. The van der Waals surface area contributed by atoms with E-state index in [1.807, 2.05) is 6.92 Å². The van der Waals surface area contributed by atoms with Gasteiger partial charge >= 0.3 is 0 Å². The Morgan fingerprint density at radius 1 is 1.40 bits per heavy atom. The lowest BCUT2D eigenvalue weighted by Gasteiger charge is -2.16. The van der Waals surface area contributed by atoms with Gasteiger partial charge in [0.05, 0.1) is 4.90 Å². The first-order valence-electron chi connectivity index (χ1n) is 6.39. The average Bonchev–Trinajstić information content (AvgIpc) is 2.37. The molecule has 0 aromatic heterocycles. The fourth-order valence-electron chi connectivity index (χ4n) is 1.70. The molecule has 0 aliphatic heterocycles. The predicted molar refractivity (Wildman–Crippen MR) is 81.1 cm³/mol. The zero-order chi connectivity index (χ0) is 14.5. The van der Waals surface area contributed by atoms with E-state index in [0.717, 1.165) is 18.9 Å². The Labute approximate surface area is 126 Å². The molecule has 0 aliphatic carbocycles. The molecule has 116 valence electrons. The third-order valence-corrected chi connectivity index (χ3v) is 4.48. The molecule has 0 fully saturated rings. The molecule has 0 bridgehead atoms. The van der Waals surface area contributed by atoms with Crippen molar-refractivity contribution in [3.8, 4) is 0 Å². The van der Waals surface area contributed by atoms with Crippen molar-refractivity contribution in [1.29, 1.82) is 0 Å². The van der Waals surface area contributed by atoms with Crippen LogP contribution < -0.4 is 10.5 Å². The molecule has 0 spiro atoms. The number of aryl methyl sites for hydroxylation is 1. The van der Waals surface area contributed by atoms with Crippen LogP contribution in [0.25, 0.3) is 0 Å². The largest absolute Gasteiger partial charge is 0.329 e. The first kappa shape index (κ1) is 19.3. The molecule has 1 rings (SSSR count). The molecule has 0 aliphatic rings. The first-order valence-corrected chi connectivity index (χ1v) is 7.87. The van der Waals surface area contributed by atoms with E-state index in [2.05, 4.69) is 4.72 Å². The number of sulfonamides is 1. The Balaban J connectivity index is 0.00000361. The second kappa shape index (κ2) is 8.56. The van der Waals surface area contributed by atoms with Crippen molar-refractivity contribution < 1.29 is 12.8 Å². The van der Waals surface area contributed by atoms with Crippen LogP contribution in [0.5, 0.6) is 0 Å². The van der Waals surface area contributed by atoms with Crippen LogP contribution in [0.4, 0.5) is 4.39 Å². The minimum Gasteiger partial charge on any atom is -0.329 e. The highest BCUT2D eigenvalue weighted by Crippen LogP contribution is 2.15. The van der Waals surface area contributed by atoms with Gasteiger partial charge in [-0.1, -0.05) is 25.8 Å². The fourth-order valence-corrected chi connectivity index (χ4v) is 3.00. The molecule has 0 saturated heterocycles. The zero-order valence-electron chi connectivity index (χ0n) is 11.7. The maximum atomic E-state index is 13.4. The van der Waals surface area contributed by atoms with Crippen LogP contribution in [-0.2, 0) is 10.0 Å². The summed E-state index contributed by atoms with van der Waals surface area (Å²) in [6.07, 6.45) is 2.55. The highest BCUT2D eigenvalue weighted by Gasteiger charge is 2.19. The second-order valence-corrected chi connectivity index (χ2v) is 6.32. The van der Waals surface area contributed by atoms with Crippen LogP contribution >= 0.6 is 12.4 Å². The number of halogens is 2. The number of hydrogen-bond acceptors (Lipinski definition) is 3. The van der Waals surface area contributed by atoms with Crippen molar-refractivity contribution in [2.75, 3.05) is 6.54 Å². The van der Waals surface area contributed by atoms with E-state index in [1.54, 1.807) is 6.92 Å². The number of hydrogen-bond donors (Lipinski definition) is 2. The van der Waals surface area contributed by atoms with Gasteiger partial charge in [0.1, 0.15) is 5.82 Å². The van der Waals surface area contributed by atoms with E-state index in [1.165, 1.54) is 12.1 Å². The third kappa shape index (κ3) is 5.36. The molecule has 0 saturated carbocycles. The van der Waals surface area contributed by atoms with E-state index in [-0.39, 0.29) is 29.9 Å². The lowest BCUT2D eigenvalue weighted by molar-refractivity contribution is 0.515. The maximum absolute atomic E-state index is 13.4. The van der Waals surface area contributed by atoms with Gasteiger partial charge in [0.2, 0.25) is 10.0 Å². The van der Waals surface area contributed by atoms with E-state index < -0.39 is 15.8 Å². The Bertz CT molecular complexity index is 523. The minimum atomic E-state index is -3.71. The van der Waals surface area contributed by atoms with Gasteiger partial charge in [-0.15, -0.1) is 12.4 Å². The van der Waals surface area contributed by atoms with Gasteiger partial charge in [0.15, 0.2) is 0 Å². The van der Waals surface area contributed by atoms with Crippen molar-refractivity contribution in [3.05, 3.63) is 29.6 Å². The lowest BCUT2D eigenvalue weighted by atomic mass is 10.1. The molecule has 1 aromatic carbocycles. The summed E-state index contributed by atoms with van der Waals surface area (Å²) in [7, 11) is -3.71. The molecule has 1 atom stereocenters. The van der Waals surface area contributed by atoms with Gasteiger partial charge in [-0.3, -0.25) is 0 Å². The fraction of sp³-hybridized carbons (Fsp3) is 0.538. The molecular weight excluding hydrogens is 303 g/mol. The van der Waals surface area contributed by atoms with E-state index in [0.29, 0.717) is 12.0 Å². The second-order valence-electron chi connectivity index (χ2n) is 4.61. The standard InChI is InChI=1S/C13H21FN2O2S.ClH/c1-3-4-5-11(9-15)16-19(17,18)12-7-6-10(2)13(14)8-12;/h6-8,11,16H,3-5,9,15H2,1-2H3;1H. The molecule has 1 unspecified atom stereocenters. The number of nitrogens with two attached hydrogens (primary N) is 1. The topological polar surface area (TPSA) is 72.2 Å². The SMILES string of the molecule is CCCCC(CN)NS(=O)(=O)c1ccc(C)c(F)c1.Cl. The summed E-state index contributed by atoms with van der Waals surface area (Å²) in [5.74, 6) is -0.527. The van der Waals surface area contributed by atoms with Gasteiger partial charge in [0, 0.05) is 12.6 Å². The van der Waals surface area contributed by atoms with Crippen LogP contribution in [0.15, 0.2) is 23.1 Å². The monoisotopic (exact) mass is 324 g/mol. The summed E-state index contributed by atoms with van der Waals surface area (Å²) < 4.78 is 40.1. The molecule has 1 aromatic rings. The number of unbranched alkanes of at least 4 members (excludes halogenated alkanes) is 1. The van der Waals surface area contributed by atoms with Gasteiger partial charge in [-0.2, -0.15) is 0 Å². The molecule has 0 radical (unpaired) electrons. The third-order valence-electron chi connectivity index (χ3n) is 2.97.